The number of hydrogen-bond donors (Lipinski definition) is 3. The van der Waals surface area contributed by atoms with Crippen LogP contribution in [0.4, 0.5) is 5.82 Å². The number of aromatic nitrogens is 3. The molecule has 24 heavy (non-hydrogen) atoms. The summed E-state index contributed by atoms with van der Waals surface area (Å²) in [6, 6.07) is 4.00. The van der Waals surface area contributed by atoms with Crippen LogP contribution in [-0.2, 0) is 7.05 Å². The lowest BCUT2D eigenvalue weighted by Crippen LogP contribution is -2.45. The van der Waals surface area contributed by atoms with Crippen LogP contribution in [0.25, 0.3) is 11.0 Å². The van der Waals surface area contributed by atoms with E-state index in [1.165, 1.54) is 0 Å². The molecule has 1 saturated heterocycles. The van der Waals surface area contributed by atoms with Crippen LogP contribution in [0, 0.1) is 5.92 Å². The number of anilines is 1. The van der Waals surface area contributed by atoms with Crippen LogP contribution in [0.2, 0.25) is 0 Å². The monoisotopic (exact) mass is 330 g/mol. The van der Waals surface area contributed by atoms with E-state index in [4.69, 9.17) is 0 Å². The van der Waals surface area contributed by atoms with Gasteiger partial charge in [0, 0.05) is 26.2 Å². The molecular weight excluding hydrogens is 304 g/mol. The predicted molar refractivity (Wildman–Crippen MR) is 95.2 cm³/mol. The van der Waals surface area contributed by atoms with Gasteiger partial charge in [0.1, 0.15) is 5.82 Å². The number of carbonyl (C=O) groups is 1. The fourth-order valence-corrected chi connectivity index (χ4v) is 2.93. The minimum absolute atomic E-state index is 0.126. The zero-order valence-electron chi connectivity index (χ0n) is 14.6. The van der Waals surface area contributed by atoms with E-state index in [2.05, 4.69) is 39.9 Å². The average molecular weight is 330 g/mol. The molecule has 3 heterocycles. The predicted octanol–water partition coefficient (Wildman–Crippen LogP) is 1.52. The molecule has 3 N–H and O–H groups in total. The summed E-state index contributed by atoms with van der Waals surface area (Å²) in [6.45, 7) is 7.00. The van der Waals surface area contributed by atoms with Gasteiger partial charge in [0.05, 0.1) is 5.39 Å². The Morgan fingerprint density at radius 3 is 3.00 bits per heavy atom. The Kier molecular flexibility index (Phi) is 4.99. The van der Waals surface area contributed by atoms with Gasteiger partial charge in [0.15, 0.2) is 11.3 Å². The van der Waals surface area contributed by atoms with Crippen LogP contribution < -0.4 is 16.0 Å². The number of carbonyl (C=O) groups excluding carboxylic acids is 1. The smallest absolute Gasteiger partial charge is 0.272 e. The van der Waals surface area contributed by atoms with Gasteiger partial charge < -0.3 is 16.0 Å². The lowest BCUT2D eigenvalue weighted by atomic mass is 10.1. The molecule has 1 amide bonds. The number of pyridine rings is 1. The van der Waals surface area contributed by atoms with Gasteiger partial charge in [-0.25, -0.2) is 9.67 Å². The second-order valence-corrected chi connectivity index (χ2v) is 6.83. The molecule has 3 rings (SSSR count). The highest BCUT2D eigenvalue weighted by Crippen LogP contribution is 2.19. The molecule has 2 aromatic heterocycles. The lowest BCUT2D eigenvalue weighted by Gasteiger charge is -2.23. The zero-order valence-corrected chi connectivity index (χ0v) is 14.6. The summed E-state index contributed by atoms with van der Waals surface area (Å²) in [4.78, 5) is 17.2. The van der Waals surface area contributed by atoms with Gasteiger partial charge in [0.25, 0.3) is 5.91 Å². The maximum atomic E-state index is 12.6. The summed E-state index contributed by atoms with van der Waals surface area (Å²) >= 11 is 0. The third kappa shape index (κ3) is 3.67. The number of nitrogens with one attached hydrogen (secondary N) is 3. The Morgan fingerprint density at radius 1 is 1.46 bits per heavy atom. The highest BCUT2D eigenvalue weighted by Gasteiger charge is 2.21. The second-order valence-electron chi connectivity index (χ2n) is 6.83. The van der Waals surface area contributed by atoms with Crippen LogP contribution in [0.1, 0.15) is 37.2 Å². The van der Waals surface area contributed by atoms with E-state index in [1.54, 1.807) is 4.68 Å². The molecule has 0 bridgehead atoms. The van der Waals surface area contributed by atoms with E-state index in [0.29, 0.717) is 11.6 Å². The van der Waals surface area contributed by atoms with Crippen molar-refractivity contribution in [1.82, 2.24) is 25.4 Å². The number of aryl methyl sites for hydroxylation is 1. The molecule has 130 valence electrons. The van der Waals surface area contributed by atoms with Gasteiger partial charge >= 0.3 is 0 Å². The maximum absolute atomic E-state index is 12.6. The highest BCUT2D eigenvalue weighted by atomic mass is 16.2. The van der Waals surface area contributed by atoms with Gasteiger partial charge in [-0.2, -0.15) is 5.10 Å². The molecule has 1 unspecified atom stereocenters. The minimum Gasteiger partial charge on any atom is -0.370 e. The average Bonchev–Trinajstić information content (AvgIpc) is 2.90. The summed E-state index contributed by atoms with van der Waals surface area (Å²) in [5.41, 5.74) is 1.16. The van der Waals surface area contributed by atoms with Gasteiger partial charge in [-0.05, 0) is 37.4 Å². The number of fused-ring (bicyclic) bond motifs is 1. The third-order valence-electron chi connectivity index (χ3n) is 4.23. The minimum atomic E-state index is -0.126. The Balaban J connectivity index is 1.79. The van der Waals surface area contributed by atoms with Crippen LogP contribution >= 0.6 is 0 Å². The molecule has 1 aliphatic rings. The molecule has 7 nitrogen and oxygen atoms in total. The van der Waals surface area contributed by atoms with Crippen molar-refractivity contribution in [3.8, 4) is 0 Å². The van der Waals surface area contributed by atoms with Crippen molar-refractivity contribution in [2.45, 2.75) is 32.7 Å². The van der Waals surface area contributed by atoms with Crippen LogP contribution in [0.5, 0.6) is 0 Å². The first-order chi connectivity index (χ1) is 11.5. The van der Waals surface area contributed by atoms with Crippen molar-refractivity contribution in [2.75, 3.05) is 25.0 Å². The summed E-state index contributed by atoms with van der Waals surface area (Å²) in [5, 5.41) is 14.9. The van der Waals surface area contributed by atoms with Crippen LogP contribution in [0.15, 0.2) is 12.1 Å². The normalized spacial score (nSPS) is 18.1. The zero-order chi connectivity index (χ0) is 17.1. The molecule has 7 heteroatoms. The highest BCUT2D eigenvalue weighted by molar-refractivity contribution is 6.04. The molecule has 0 aromatic carbocycles. The molecule has 1 fully saturated rings. The van der Waals surface area contributed by atoms with Gasteiger partial charge in [-0.3, -0.25) is 4.79 Å². The number of nitrogens with zero attached hydrogens (tertiary/aromatic N) is 3. The van der Waals surface area contributed by atoms with Gasteiger partial charge in [0.2, 0.25) is 0 Å². The number of hydrogen-bond acceptors (Lipinski definition) is 5. The molecule has 0 radical (unpaired) electrons. The van der Waals surface area contributed by atoms with Crippen molar-refractivity contribution in [2.24, 2.45) is 13.0 Å². The largest absolute Gasteiger partial charge is 0.370 e. The Morgan fingerprint density at radius 2 is 2.29 bits per heavy atom. The third-order valence-corrected chi connectivity index (χ3v) is 4.23. The first-order valence-corrected chi connectivity index (χ1v) is 8.64. The van der Waals surface area contributed by atoms with Crippen molar-refractivity contribution >= 4 is 22.8 Å². The van der Waals surface area contributed by atoms with E-state index in [-0.39, 0.29) is 11.9 Å². The topological polar surface area (TPSA) is 83.9 Å². The molecule has 2 aromatic rings. The maximum Gasteiger partial charge on any atom is 0.272 e. The molecule has 1 atom stereocenters. The van der Waals surface area contributed by atoms with Crippen LogP contribution in [-0.4, -0.2) is 46.3 Å². The van der Waals surface area contributed by atoms with Crippen molar-refractivity contribution < 1.29 is 4.79 Å². The summed E-state index contributed by atoms with van der Waals surface area (Å²) in [6.07, 6.45) is 2.09. The Hall–Kier alpha value is -2.15. The van der Waals surface area contributed by atoms with Gasteiger partial charge in [-0.15, -0.1) is 0 Å². The molecular formula is C17H26N6O. The first-order valence-electron chi connectivity index (χ1n) is 8.64. The second kappa shape index (κ2) is 7.17. The summed E-state index contributed by atoms with van der Waals surface area (Å²) < 4.78 is 1.67. The van der Waals surface area contributed by atoms with E-state index in [0.717, 1.165) is 49.3 Å². The Labute approximate surface area is 142 Å². The fourth-order valence-electron chi connectivity index (χ4n) is 2.93. The first kappa shape index (κ1) is 16.7. The number of amides is 1. The van der Waals surface area contributed by atoms with E-state index < -0.39 is 0 Å². The van der Waals surface area contributed by atoms with Crippen molar-refractivity contribution in [3.05, 3.63) is 17.8 Å². The summed E-state index contributed by atoms with van der Waals surface area (Å²) in [7, 11) is 1.82. The van der Waals surface area contributed by atoms with Crippen molar-refractivity contribution in [1.29, 1.82) is 0 Å². The molecule has 0 saturated carbocycles. The van der Waals surface area contributed by atoms with E-state index >= 15 is 0 Å². The SMILES string of the molecule is CC(C)CNc1ccc2c(C(=O)NC3CCCNC3)nn(C)c2n1. The van der Waals surface area contributed by atoms with Crippen molar-refractivity contribution in [3.63, 3.8) is 0 Å². The fraction of sp³-hybridized carbons (Fsp3) is 0.588. The quantitative estimate of drug-likeness (QED) is 0.774. The van der Waals surface area contributed by atoms with E-state index in [1.807, 2.05) is 19.2 Å². The standard InChI is InChI=1S/C17H26N6O/c1-11(2)9-19-14-7-6-13-15(22-23(3)16(13)21-14)17(24)20-12-5-4-8-18-10-12/h6-7,11-12,18H,4-5,8-10H2,1-3H3,(H,19,21)(H,20,24). The van der Waals surface area contributed by atoms with Crippen LogP contribution in [0.3, 0.4) is 0 Å². The summed E-state index contributed by atoms with van der Waals surface area (Å²) in [5.74, 6) is 1.22. The van der Waals surface area contributed by atoms with E-state index in [9.17, 15) is 4.79 Å². The molecule has 0 aliphatic carbocycles. The number of rotatable bonds is 5. The van der Waals surface area contributed by atoms with Gasteiger partial charge in [-0.1, -0.05) is 13.8 Å². The Bertz CT molecular complexity index is 717. The number of piperidine rings is 1. The molecule has 1 aliphatic heterocycles. The molecule has 0 spiro atoms. The lowest BCUT2D eigenvalue weighted by molar-refractivity contribution is 0.0926.